The average molecular weight is 334 g/mol. The number of benzene rings is 1. The van der Waals surface area contributed by atoms with E-state index in [4.69, 9.17) is 4.74 Å². The fourth-order valence-electron chi connectivity index (χ4n) is 2.87. The predicted octanol–water partition coefficient (Wildman–Crippen LogP) is 1.27. The van der Waals surface area contributed by atoms with Crippen molar-refractivity contribution in [3.8, 4) is 0 Å². The molecular weight excluding hydrogens is 304 g/mol. The highest BCUT2D eigenvalue weighted by Gasteiger charge is 2.15. The number of hydrogen-bond donors (Lipinski definition) is 2. The van der Waals surface area contributed by atoms with Gasteiger partial charge in [0.05, 0.1) is 12.6 Å². The van der Waals surface area contributed by atoms with E-state index in [0.29, 0.717) is 13.2 Å². The summed E-state index contributed by atoms with van der Waals surface area (Å²) < 4.78 is 5.03. The van der Waals surface area contributed by atoms with Crippen LogP contribution in [0.3, 0.4) is 0 Å². The van der Waals surface area contributed by atoms with Crippen LogP contribution in [0, 0.1) is 0 Å². The molecule has 1 aliphatic rings. The number of nitrogens with one attached hydrogen (secondary N) is 2. The van der Waals surface area contributed by atoms with E-state index < -0.39 is 0 Å². The highest BCUT2D eigenvalue weighted by molar-refractivity contribution is 5.74. The number of nitrogens with zero attached hydrogens (tertiary/aromatic N) is 2. The second-order valence-electron chi connectivity index (χ2n) is 6.53. The van der Waals surface area contributed by atoms with Gasteiger partial charge in [-0.2, -0.15) is 0 Å². The number of amides is 2. The fraction of sp³-hybridized carbons (Fsp3) is 0.611. The number of hydrogen-bond acceptors (Lipinski definition) is 4. The Morgan fingerprint density at radius 3 is 2.54 bits per heavy atom. The maximum Gasteiger partial charge on any atom is 0.315 e. The van der Waals surface area contributed by atoms with Crippen LogP contribution in [0.15, 0.2) is 24.3 Å². The molecule has 2 amide bonds. The first-order valence-corrected chi connectivity index (χ1v) is 8.59. The zero-order valence-electron chi connectivity index (χ0n) is 15.0. The predicted molar refractivity (Wildman–Crippen MR) is 95.9 cm³/mol. The summed E-state index contributed by atoms with van der Waals surface area (Å²) in [7, 11) is 3.79. The van der Waals surface area contributed by atoms with Crippen LogP contribution >= 0.6 is 0 Å². The first-order valence-electron chi connectivity index (χ1n) is 8.59. The van der Waals surface area contributed by atoms with Crippen LogP contribution in [0.1, 0.15) is 18.1 Å². The Hall–Kier alpha value is -1.63. The molecule has 0 radical (unpaired) electrons. The molecule has 1 atom stereocenters. The van der Waals surface area contributed by atoms with Gasteiger partial charge in [-0.05, 0) is 25.1 Å². The molecule has 0 aliphatic carbocycles. The number of urea groups is 1. The topological polar surface area (TPSA) is 56.8 Å². The van der Waals surface area contributed by atoms with Crippen molar-refractivity contribution in [1.29, 1.82) is 0 Å². The number of carbonyl (C=O) groups excluding carboxylic acids is 1. The van der Waals surface area contributed by atoms with Crippen molar-refractivity contribution >= 4 is 6.03 Å². The fourth-order valence-corrected chi connectivity index (χ4v) is 2.87. The molecule has 1 aromatic rings. The smallest absolute Gasteiger partial charge is 0.315 e. The molecule has 134 valence electrons. The van der Waals surface area contributed by atoms with E-state index in [0.717, 1.165) is 32.7 Å². The maximum atomic E-state index is 11.9. The molecular formula is C18H30N4O2. The maximum absolute atomic E-state index is 11.9. The zero-order chi connectivity index (χ0) is 17.4. The van der Waals surface area contributed by atoms with Crippen LogP contribution in [0.25, 0.3) is 0 Å². The summed E-state index contributed by atoms with van der Waals surface area (Å²) in [6.45, 7) is 8.31. The van der Waals surface area contributed by atoms with Crippen molar-refractivity contribution in [2.45, 2.75) is 26.1 Å². The summed E-state index contributed by atoms with van der Waals surface area (Å²) in [5.74, 6) is 0. The van der Waals surface area contributed by atoms with E-state index in [9.17, 15) is 4.79 Å². The Kier molecular flexibility index (Phi) is 7.49. The van der Waals surface area contributed by atoms with E-state index in [2.05, 4.69) is 45.7 Å². The van der Waals surface area contributed by atoms with Gasteiger partial charge in [0, 0.05) is 46.4 Å². The van der Waals surface area contributed by atoms with Gasteiger partial charge in [0.2, 0.25) is 0 Å². The van der Waals surface area contributed by atoms with Crippen molar-refractivity contribution in [1.82, 2.24) is 20.4 Å². The van der Waals surface area contributed by atoms with Gasteiger partial charge < -0.3 is 20.3 Å². The molecule has 6 nitrogen and oxygen atoms in total. The molecule has 24 heavy (non-hydrogen) atoms. The van der Waals surface area contributed by atoms with E-state index in [-0.39, 0.29) is 12.1 Å². The van der Waals surface area contributed by atoms with Gasteiger partial charge in [0.1, 0.15) is 0 Å². The highest BCUT2D eigenvalue weighted by atomic mass is 16.5. The van der Waals surface area contributed by atoms with Crippen molar-refractivity contribution in [3.05, 3.63) is 35.4 Å². The van der Waals surface area contributed by atoms with Gasteiger partial charge in [-0.1, -0.05) is 24.3 Å². The number of piperazine rings is 1. The number of rotatable bonds is 7. The minimum absolute atomic E-state index is 0.00409. The molecule has 1 fully saturated rings. The Balaban J connectivity index is 1.85. The number of likely N-dealkylation sites (N-methyl/N-ethyl adjacent to an activating group) is 1. The Bertz CT molecular complexity index is 515. The molecule has 1 aromatic carbocycles. The summed E-state index contributed by atoms with van der Waals surface area (Å²) in [4.78, 5) is 16.8. The van der Waals surface area contributed by atoms with Crippen molar-refractivity contribution < 1.29 is 9.53 Å². The number of ether oxygens (including phenoxy) is 1. The minimum Gasteiger partial charge on any atom is -0.383 e. The quantitative estimate of drug-likeness (QED) is 0.788. The molecule has 1 aliphatic heterocycles. The lowest BCUT2D eigenvalue weighted by Gasteiger charge is -2.32. The second kappa shape index (κ2) is 9.61. The third-order valence-corrected chi connectivity index (χ3v) is 4.34. The average Bonchev–Trinajstić information content (AvgIpc) is 2.56. The van der Waals surface area contributed by atoms with E-state index in [1.165, 1.54) is 11.1 Å². The molecule has 1 heterocycles. The Morgan fingerprint density at radius 2 is 1.88 bits per heavy atom. The standard InChI is InChI=1S/C18H30N4O2/c1-15(14-24-3)20-18(23)19-12-16-6-4-5-7-17(16)13-22-10-8-21(2)9-11-22/h4-7,15H,8-14H2,1-3H3,(H2,19,20,23)/t15-/m1/s1. The SMILES string of the molecule is COC[C@@H](C)NC(=O)NCc1ccccc1CN1CCN(C)CC1. The largest absolute Gasteiger partial charge is 0.383 e. The van der Waals surface area contributed by atoms with Crippen LogP contribution in [0.2, 0.25) is 0 Å². The summed E-state index contributed by atoms with van der Waals surface area (Å²) in [5.41, 5.74) is 2.46. The normalized spacial score (nSPS) is 17.5. The Labute approximate surface area is 145 Å². The van der Waals surface area contributed by atoms with E-state index in [1.807, 2.05) is 13.0 Å². The summed E-state index contributed by atoms with van der Waals surface area (Å²) in [6, 6.07) is 8.17. The van der Waals surface area contributed by atoms with Gasteiger partial charge in [-0.3, -0.25) is 4.90 Å². The van der Waals surface area contributed by atoms with Crippen LogP contribution < -0.4 is 10.6 Å². The molecule has 0 bridgehead atoms. The van der Waals surface area contributed by atoms with E-state index >= 15 is 0 Å². The lowest BCUT2D eigenvalue weighted by Crippen LogP contribution is -2.44. The lowest BCUT2D eigenvalue weighted by atomic mass is 10.1. The summed E-state index contributed by atoms with van der Waals surface area (Å²) in [5, 5.41) is 5.81. The molecule has 0 aromatic heterocycles. The first-order chi connectivity index (χ1) is 11.6. The van der Waals surface area contributed by atoms with Gasteiger partial charge in [0.25, 0.3) is 0 Å². The monoisotopic (exact) mass is 334 g/mol. The van der Waals surface area contributed by atoms with Crippen LogP contribution in [0.4, 0.5) is 4.79 Å². The molecule has 2 rings (SSSR count). The first kappa shape index (κ1) is 18.7. The van der Waals surface area contributed by atoms with Crippen LogP contribution in [-0.2, 0) is 17.8 Å². The molecule has 1 saturated heterocycles. The number of methoxy groups -OCH3 is 1. The summed E-state index contributed by atoms with van der Waals surface area (Å²) in [6.07, 6.45) is 0. The molecule has 0 unspecified atom stereocenters. The molecule has 2 N–H and O–H groups in total. The zero-order valence-corrected chi connectivity index (χ0v) is 15.0. The Morgan fingerprint density at radius 1 is 1.21 bits per heavy atom. The van der Waals surface area contributed by atoms with Crippen LogP contribution in [-0.4, -0.2) is 68.8 Å². The highest BCUT2D eigenvalue weighted by Crippen LogP contribution is 2.13. The second-order valence-corrected chi connectivity index (χ2v) is 6.53. The van der Waals surface area contributed by atoms with Crippen molar-refractivity contribution in [3.63, 3.8) is 0 Å². The third kappa shape index (κ3) is 6.11. The molecule has 6 heteroatoms. The molecule has 0 saturated carbocycles. The van der Waals surface area contributed by atoms with Crippen molar-refractivity contribution in [2.24, 2.45) is 0 Å². The molecule has 0 spiro atoms. The summed E-state index contributed by atoms with van der Waals surface area (Å²) >= 11 is 0. The van der Waals surface area contributed by atoms with E-state index in [1.54, 1.807) is 7.11 Å². The van der Waals surface area contributed by atoms with Crippen molar-refractivity contribution in [2.75, 3.05) is 46.9 Å². The van der Waals surface area contributed by atoms with Gasteiger partial charge in [0.15, 0.2) is 0 Å². The van der Waals surface area contributed by atoms with Gasteiger partial charge in [-0.15, -0.1) is 0 Å². The lowest BCUT2D eigenvalue weighted by molar-refractivity contribution is 0.148. The number of carbonyl (C=O) groups is 1. The minimum atomic E-state index is -0.158. The third-order valence-electron chi connectivity index (χ3n) is 4.34. The van der Waals surface area contributed by atoms with Crippen LogP contribution in [0.5, 0.6) is 0 Å². The van der Waals surface area contributed by atoms with Gasteiger partial charge >= 0.3 is 6.03 Å². The van der Waals surface area contributed by atoms with Gasteiger partial charge in [-0.25, -0.2) is 4.79 Å².